The summed E-state index contributed by atoms with van der Waals surface area (Å²) < 4.78 is 5.28. The highest BCUT2D eigenvalue weighted by Crippen LogP contribution is 2.08. The molecule has 22 heavy (non-hydrogen) atoms. The Kier molecular flexibility index (Phi) is 11.4. The maximum atomic E-state index is 11.6. The third kappa shape index (κ3) is 10.4. The lowest BCUT2D eigenvalue weighted by Crippen LogP contribution is -2.05. The summed E-state index contributed by atoms with van der Waals surface area (Å²) in [6.45, 7) is 2.84. The Labute approximate surface area is 136 Å². The van der Waals surface area contributed by atoms with Crippen LogP contribution in [-0.4, -0.2) is 12.6 Å². The van der Waals surface area contributed by atoms with E-state index in [1.54, 1.807) is 0 Å². The molecule has 1 aromatic carbocycles. The fraction of sp³-hybridized carbons (Fsp3) is 0.650. The number of ether oxygens (including phenoxy) is 1. The van der Waals surface area contributed by atoms with Gasteiger partial charge in [-0.05, 0) is 31.2 Å². The molecule has 0 heterocycles. The first-order chi connectivity index (χ1) is 10.8. The Morgan fingerprint density at radius 2 is 1.55 bits per heavy atom. The summed E-state index contributed by atoms with van der Waals surface area (Å²) in [5, 5.41) is 0. The van der Waals surface area contributed by atoms with Crippen molar-refractivity contribution < 1.29 is 9.53 Å². The smallest absolute Gasteiger partial charge is 0.305 e. The molecule has 0 unspecified atom stereocenters. The van der Waals surface area contributed by atoms with Gasteiger partial charge in [-0.25, -0.2) is 0 Å². The van der Waals surface area contributed by atoms with Gasteiger partial charge in [-0.1, -0.05) is 75.8 Å². The highest BCUT2D eigenvalue weighted by atomic mass is 16.5. The van der Waals surface area contributed by atoms with E-state index in [4.69, 9.17) is 4.74 Å². The minimum atomic E-state index is -0.0287. The molecule has 0 bridgehead atoms. The molecule has 0 spiro atoms. The molecule has 0 amide bonds. The van der Waals surface area contributed by atoms with Crippen LogP contribution >= 0.6 is 0 Å². The first-order valence-electron chi connectivity index (χ1n) is 9.02. The minimum Gasteiger partial charge on any atom is -0.466 e. The van der Waals surface area contributed by atoms with Crippen LogP contribution in [0.1, 0.15) is 76.7 Å². The predicted molar refractivity (Wildman–Crippen MR) is 92.9 cm³/mol. The van der Waals surface area contributed by atoms with Crippen molar-refractivity contribution in [3.8, 4) is 0 Å². The van der Waals surface area contributed by atoms with Crippen LogP contribution in [0.2, 0.25) is 0 Å². The second kappa shape index (κ2) is 13.4. The average molecular weight is 304 g/mol. The highest BCUT2D eigenvalue weighted by Gasteiger charge is 2.02. The molecule has 0 aliphatic rings. The van der Waals surface area contributed by atoms with Crippen LogP contribution < -0.4 is 0 Å². The summed E-state index contributed by atoms with van der Waals surface area (Å²) in [4.78, 5) is 11.6. The number of hydrogen-bond donors (Lipinski definition) is 0. The molecule has 0 atom stereocenters. The number of hydrogen-bond acceptors (Lipinski definition) is 2. The Morgan fingerprint density at radius 1 is 0.864 bits per heavy atom. The second-order valence-electron chi connectivity index (χ2n) is 6.03. The van der Waals surface area contributed by atoms with Gasteiger partial charge >= 0.3 is 5.97 Å². The Balaban J connectivity index is 1.87. The van der Waals surface area contributed by atoms with Crippen molar-refractivity contribution in [3.63, 3.8) is 0 Å². The van der Waals surface area contributed by atoms with Crippen molar-refractivity contribution in [2.24, 2.45) is 0 Å². The van der Waals surface area contributed by atoms with Crippen LogP contribution in [0.15, 0.2) is 30.3 Å². The summed E-state index contributed by atoms with van der Waals surface area (Å²) >= 11 is 0. The van der Waals surface area contributed by atoms with Gasteiger partial charge in [-0.3, -0.25) is 4.79 Å². The molecule has 1 aromatic rings. The summed E-state index contributed by atoms with van der Waals surface area (Å²) in [6, 6.07) is 10.4. The summed E-state index contributed by atoms with van der Waals surface area (Å²) in [6.07, 6.45) is 12.4. The minimum absolute atomic E-state index is 0.0287. The van der Waals surface area contributed by atoms with Crippen LogP contribution in [0.4, 0.5) is 0 Å². The van der Waals surface area contributed by atoms with Crippen molar-refractivity contribution in [1.82, 2.24) is 0 Å². The molecular formula is C20H32O2. The fourth-order valence-electron chi connectivity index (χ4n) is 2.56. The molecule has 0 saturated heterocycles. The van der Waals surface area contributed by atoms with Gasteiger partial charge in [-0.2, -0.15) is 0 Å². The van der Waals surface area contributed by atoms with E-state index in [1.807, 2.05) is 6.07 Å². The van der Waals surface area contributed by atoms with Gasteiger partial charge in [0.25, 0.3) is 0 Å². The fourth-order valence-corrected chi connectivity index (χ4v) is 2.56. The number of aryl methyl sites for hydroxylation is 1. The highest BCUT2D eigenvalue weighted by molar-refractivity contribution is 5.69. The van der Waals surface area contributed by atoms with Crippen molar-refractivity contribution in [2.45, 2.75) is 77.6 Å². The third-order valence-electron chi connectivity index (χ3n) is 3.95. The van der Waals surface area contributed by atoms with E-state index in [0.29, 0.717) is 13.0 Å². The Morgan fingerprint density at radius 3 is 2.27 bits per heavy atom. The molecule has 0 radical (unpaired) electrons. The van der Waals surface area contributed by atoms with Crippen LogP contribution in [0, 0.1) is 0 Å². The lowest BCUT2D eigenvalue weighted by molar-refractivity contribution is -0.143. The zero-order valence-corrected chi connectivity index (χ0v) is 14.2. The summed E-state index contributed by atoms with van der Waals surface area (Å²) in [5.74, 6) is -0.0287. The zero-order chi connectivity index (χ0) is 15.9. The predicted octanol–water partition coefficient (Wildman–Crippen LogP) is 5.69. The normalized spacial score (nSPS) is 10.6. The molecule has 0 aromatic heterocycles. The lowest BCUT2D eigenvalue weighted by Gasteiger charge is -2.05. The number of esters is 1. The summed E-state index contributed by atoms with van der Waals surface area (Å²) in [5.41, 5.74) is 1.35. The number of benzene rings is 1. The van der Waals surface area contributed by atoms with E-state index in [2.05, 4.69) is 31.2 Å². The molecule has 2 heteroatoms. The van der Waals surface area contributed by atoms with E-state index in [1.165, 1.54) is 44.1 Å². The van der Waals surface area contributed by atoms with Crippen LogP contribution in [0.3, 0.4) is 0 Å². The van der Waals surface area contributed by atoms with Gasteiger partial charge in [0, 0.05) is 6.42 Å². The van der Waals surface area contributed by atoms with Gasteiger partial charge in [0.05, 0.1) is 6.61 Å². The van der Waals surface area contributed by atoms with Crippen LogP contribution in [0.5, 0.6) is 0 Å². The standard InChI is InChI=1S/C20H32O2/c1-2-3-4-5-6-7-13-18-22-20(21)17-12-11-16-19-14-9-8-10-15-19/h8-10,14-15H,2-7,11-13,16-18H2,1H3. The molecule has 1 rings (SSSR count). The van der Waals surface area contributed by atoms with Crippen molar-refractivity contribution >= 4 is 5.97 Å². The zero-order valence-electron chi connectivity index (χ0n) is 14.2. The molecular weight excluding hydrogens is 272 g/mol. The quantitative estimate of drug-likeness (QED) is 0.345. The van der Waals surface area contributed by atoms with Crippen LogP contribution in [-0.2, 0) is 16.0 Å². The number of unbranched alkanes of at least 4 members (excludes halogenated alkanes) is 7. The van der Waals surface area contributed by atoms with Crippen molar-refractivity contribution in [1.29, 1.82) is 0 Å². The SMILES string of the molecule is CCCCCCCCCOC(=O)CCCCc1ccccc1. The van der Waals surface area contributed by atoms with E-state index in [9.17, 15) is 4.79 Å². The molecule has 0 fully saturated rings. The molecule has 0 aliphatic carbocycles. The Hall–Kier alpha value is -1.31. The number of carbonyl (C=O) groups excluding carboxylic acids is 1. The average Bonchev–Trinajstić information content (AvgIpc) is 2.55. The largest absolute Gasteiger partial charge is 0.466 e. The van der Waals surface area contributed by atoms with Crippen LogP contribution in [0.25, 0.3) is 0 Å². The Bertz CT molecular complexity index is 373. The van der Waals surface area contributed by atoms with E-state index in [-0.39, 0.29) is 5.97 Å². The number of carbonyl (C=O) groups is 1. The lowest BCUT2D eigenvalue weighted by atomic mass is 10.1. The van der Waals surface area contributed by atoms with E-state index in [0.717, 1.165) is 25.7 Å². The van der Waals surface area contributed by atoms with Gasteiger partial charge in [0.15, 0.2) is 0 Å². The van der Waals surface area contributed by atoms with E-state index < -0.39 is 0 Å². The topological polar surface area (TPSA) is 26.3 Å². The molecule has 124 valence electrons. The van der Waals surface area contributed by atoms with Crippen molar-refractivity contribution in [3.05, 3.63) is 35.9 Å². The first kappa shape index (κ1) is 18.7. The molecule has 2 nitrogen and oxygen atoms in total. The molecule has 0 aliphatic heterocycles. The van der Waals surface area contributed by atoms with Gasteiger partial charge in [-0.15, -0.1) is 0 Å². The second-order valence-corrected chi connectivity index (χ2v) is 6.03. The number of rotatable bonds is 13. The van der Waals surface area contributed by atoms with Gasteiger partial charge in [0.2, 0.25) is 0 Å². The first-order valence-corrected chi connectivity index (χ1v) is 9.02. The monoisotopic (exact) mass is 304 g/mol. The van der Waals surface area contributed by atoms with Crippen molar-refractivity contribution in [2.75, 3.05) is 6.61 Å². The molecule has 0 N–H and O–H groups in total. The van der Waals surface area contributed by atoms with Gasteiger partial charge in [0.1, 0.15) is 0 Å². The maximum absolute atomic E-state index is 11.6. The molecule has 0 saturated carbocycles. The summed E-state index contributed by atoms with van der Waals surface area (Å²) in [7, 11) is 0. The van der Waals surface area contributed by atoms with Gasteiger partial charge < -0.3 is 4.74 Å². The maximum Gasteiger partial charge on any atom is 0.305 e. The third-order valence-corrected chi connectivity index (χ3v) is 3.95. The van der Waals surface area contributed by atoms with E-state index >= 15 is 0 Å².